The van der Waals surface area contributed by atoms with E-state index in [1.807, 2.05) is 125 Å². The number of ketones is 1. The molecule has 4 N–H and O–H groups in total. The summed E-state index contributed by atoms with van der Waals surface area (Å²) in [5.41, 5.74) is 9.04. The van der Waals surface area contributed by atoms with Gasteiger partial charge in [0, 0.05) is 11.3 Å². The SMILES string of the molecule is C=O.CC(=O)c1c(C)cc(C)cc1C.CNC(Cc1ccc(-c2cccc(NC(=NCc3ccccc3)NC#N)c2)cc1)C(=O)O. The zero-order chi connectivity index (χ0) is 34.1. The molecule has 0 radical (unpaired) electrons. The van der Waals surface area contributed by atoms with Crippen molar-refractivity contribution >= 4 is 30.2 Å². The lowest BCUT2D eigenvalue weighted by Crippen LogP contribution is -2.35. The van der Waals surface area contributed by atoms with Crippen molar-refractivity contribution in [3.63, 3.8) is 0 Å². The van der Waals surface area contributed by atoms with Gasteiger partial charge in [0.25, 0.3) is 0 Å². The van der Waals surface area contributed by atoms with Crippen LogP contribution in [0.25, 0.3) is 11.1 Å². The molecule has 46 heavy (non-hydrogen) atoms. The molecule has 0 amide bonds. The van der Waals surface area contributed by atoms with Crippen LogP contribution in [0.4, 0.5) is 5.69 Å². The predicted molar refractivity (Wildman–Crippen MR) is 184 cm³/mol. The maximum absolute atomic E-state index is 11.2. The summed E-state index contributed by atoms with van der Waals surface area (Å²) in [6.07, 6.45) is 2.33. The van der Waals surface area contributed by atoms with Gasteiger partial charge >= 0.3 is 5.97 Å². The van der Waals surface area contributed by atoms with Crippen molar-refractivity contribution in [2.45, 2.75) is 46.7 Å². The van der Waals surface area contributed by atoms with E-state index in [1.54, 1.807) is 14.0 Å². The van der Waals surface area contributed by atoms with Crippen LogP contribution in [0.1, 0.15) is 45.1 Å². The number of aliphatic imine (C=N–C) groups is 1. The first-order valence-electron chi connectivity index (χ1n) is 14.6. The van der Waals surface area contributed by atoms with E-state index in [2.05, 4.69) is 20.9 Å². The van der Waals surface area contributed by atoms with Crippen molar-refractivity contribution in [1.82, 2.24) is 10.6 Å². The van der Waals surface area contributed by atoms with E-state index < -0.39 is 12.0 Å². The number of aliphatic carboxylic acids is 1. The maximum atomic E-state index is 11.2. The lowest BCUT2D eigenvalue weighted by Gasteiger charge is -2.12. The molecule has 4 aromatic rings. The Morgan fingerprint density at radius 1 is 0.870 bits per heavy atom. The first-order chi connectivity index (χ1) is 22.1. The Morgan fingerprint density at radius 3 is 2.04 bits per heavy atom. The smallest absolute Gasteiger partial charge is 0.321 e. The van der Waals surface area contributed by atoms with Crippen LogP contribution in [0.15, 0.2) is 96.0 Å². The quantitative estimate of drug-likeness (QED) is 0.0567. The van der Waals surface area contributed by atoms with E-state index in [9.17, 15) is 14.7 Å². The number of nitriles is 1. The standard InChI is InChI=1S/C25H25N5O2.C11H14O.CH2O/c1-27-23(24(31)32)14-18-10-12-20(13-11-18)21-8-5-9-22(15-21)30-25(29-17-26)28-16-19-6-3-2-4-7-19;1-7-5-8(2)11(10(4)12)9(3)6-7;1-2/h2-13,15,23,27H,14,16H2,1H3,(H,31,32)(H2,28,29,30);5-6H,1-4H3;1H2. The molecule has 4 aromatic carbocycles. The number of anilines is 1. The summed E-state index contributed by atoms with van der Waals surface area (Å²) >= 11 is 0. The van der Waals surface area contributed by atoms with Crippen LogP contribution in [-0.4, -0.2) is 42.7 Å². The minimum absolute atomic E-state index is 0.157. The minimum Gasteiger partial charge on any atom is -0.480 e. The van der Waals surface area contributed by atoms with E-state index in [-0.39, 0.29) is 5.78 Å². The summed E-state index contributed by atoms with van der Waals surface area (Å²) in [6.45, 7) is 10.1. The van der Waals surface area contributed by atoms with Gasteiger partial charge in [-0.05, 0) is 86.7 Å². The highest BCUT2D eigenvalue weighted by Crippen LogP contribution is 2.23. The van der Waals surface area contributed by atoms with Crippen molar-refractivity contribution in [3.8, 4) is 17.3 Å². The van der Waals surface area contributed by atoms with Crippen molar-refractivity contribution in [2.75, 3.05) is 12.4 Å². The van der Waals surface area contributed by atoms with E-state index in [1.165, 1.54) is 5.56 Å². The fraction of sp³-hybridized carbons (Fsp3) is 0.216. The Morgan fingerprint density at radius 2 is 1.50 bits per heavy atom. The van der Waals surface area contributed by atoms with Crippen LogP contribution in [0.3, 0.4) is 0 Å². The third kappa shape index (κ3) is 11.5. The highest BCUT2D eigenvalue weighted by atomic mass is 16.4. The first kappa shape index (κ1) is 36.6. The van der Waals surface area contributed by atoms with Gasteiger partial charge in [-0.15, -0.1) is 0 Å². The number of rotatable bonds is 9. The van der Waals surface area contributed by atoms with Gasteiger partial charge in [0.1, 0.15) is 12.8 Å². The fourth-order valence-corrected chi connectivity index (χ4v) is 4.95. The topological polar surface area (TPSA) is 144 Å². The number of Topliss-reactive ketones (excluding diaryl/α,β-unsaturated/α-hetero) is 1. The average molecular weight is 620 g/mol. The van der Waals surface area contributed by atoms with Crippen molar-refractivity contribution in [2.24, 2.45) is 4.99 Å². The largest absolute Gasteiger partial charge is 0.480 e. The number of likely N-dealkylation sites (N-methyl/N-ethyl adjacent to an activating group) is 1. The number of nitrogens with zero attached hydrogens (tertiary/aromatic N) is 2. The monoisotopic (exact) mass is 619 g/mol. The first-order valence-corrected chi connectivity index (χ1v) is 14.6. The number of carbonyl (C=O) groups excluding carboxylic acids is 2. The number of carboxylic acids is 1. The lowest BCUT2D eigenvalue weighted by molar-refractivity contribution is -0.139. The van der Waals surface area contributed by atoms with E-state index in [0.717, 1.165) is 44.6 Å². The van der Waals surface area contributed by atoms with Gasteiger partial charge in [0.05, 0.1) is 6.54 Å². The Kier molecular flexibility index (Phi) is 15.1. The number of carboxylic acid groups (broad SMARTS) is 1. The summed E-state index contributed by atoms with van der Waals surface area (Å²) in [6, 6.07) is 28.9. The summed E-state index contributed by atoms with van der Waals surface area (Å²) < 4.78 is 0. The normalized spacial score (nSPS) is 11.0. The molecule has 0 aliphatic carbocycles. The minimum atomic E-state index is -0.869. The Hall–Kier alpha value is -5.59. The summed E-state index contributed by atoms with van der Waals surface area (Å²) in [7, 11) is 1.64. The number of aryl methyl sites for hydroxylation is 3. The van der Waals surface area contributed by atoms with Crippen molar-refractivity contribution < 1.29 is 19.5 Å². The molecule has 4 rings (SSSR count). The molecular formula is C37H41N5O4. The molecule has 1 atom stereocenters. The molecule has 0 heterocycles. The number of nitrogens with one attached hydrogen (secondary N) is 3. The average Bonchev–Trinajstić information content (AvgIpc) is 3.04. The third-order valence-corrected chi connectivity index (χ3v) is 6.96. The zero-order valence-electron chi connectivity index (χ0n) is 26.9. The van der Waals surface area contributed by atoms with Gasteiger partial charge in [-0.25, -0.2) is 4.99 Å². The third-order valence-electron chi connectivity index (χ3n) is 6.96. The zero-order valence-corrected chi connectivity index (χ0v) is 26.9. The summed E-state index contributed by atoms with van der Waals surface area (Å²) in [5, 5.41) is 26.8. The molecule has 0 fully saturated rings. The van der Waals surface area contributed by atoms with Crippen LogP contribution in [0.5, 0.6) is 0 Å². The fourth-order valence-electron chi connectivity index (χ4n) is 4.95. The van der Waals surface area contributed by atoms with Gasteiger partial charge in [-0.3, -0.25) is 14.9 Å². The van der Waals surface area contributed by atoms with Crippen LogP contribution in [0.2, 0.25) is 0 Å². The van der Waals surface area contributed by atoms with Crippen molar-refractivity contribution in [3.05, 3.63) is 124 Å². The molecule has 9 nitrogen and oxygen atoms in total. The van der Waals surface area contributed by atoms with Gasteiger partial charge < -0.3 is 20.5 Å². The van der Waals surface area contributed by atoms with Gasteiger partial charge in [-0.2, -0.15) is 5.26 Å². The second-order valence-electron chi connectivity index (χ2n) is 10.5. The van der Waals surface area contributed by atoms with Gasteiger partial charge in [-0.1, -0.05) is 84.4 Å². The second kappa shape index (κ2) is 18.9. The lowest BCUT2D eigenvalue weighted by atomic mass is 9.97. The molecule has 238 valence electrons. The number of hydrogen-bond acceptors (Lipinski definition) is 6. The number of guanidine groups is 1. The van der Waals surface area contributed by atoms with E-state index in [0.29, 0.717) is 18.9 Å². The second-order valence-corrected chi connectivity index (χ2v) is 10.5. The van der Waals surface area contributed by atoms with E-state index in [4.69, 9.17) is 10.1 Å². The molecule has 1 unspecified atom stereocenters. The summed E-state index contributed by atoms with van der Waals surface area (Å²) in [5.74, 6) is -0.341. The van der Waals surface area contributed by atoms with Gasteiger partial charge in [0.15, 0.2) is 12.0 Å². The molecule has 9 heteroatoms. The van der Waals surface area contributed by atoms with Crippen molar-refractivity contribution in [1.29, 1.82) is 5.26 Å². The molecule has 0 saturated carbocycles. The highest BCUT2D eigenvalue weighted by molar-refractivity contribution is 5.97. The molecule has 0 aliphatic rings. The van der Waals surface area contributed by atoms with Crippen LogP contribution >= 0.6 is 0 Å². The molecule has 0 aliphatic heterocycles. The number of carbonyl (C=O) groups is 3. The Bertz CT molecular complexity index is 1640. The molecule has 0 saturated heterocycles. The predicted octanol–water partition coefficient (Wildman–Crippen LogP) is 6.24. The van der Waals surface area contributed by atoms with Gasteiger partial charge in [0.2, 0.25) is 5.96 Å². The van der Waals surface area contributed by atoms with Crippen LogP contribution < -0.4 is 16.0 Å². The molecule has 0 aromatic heterocycles. The van der Waals surface area contributed by atoms with E-state index >= 15 is 0 Å². The molecule has 0 bridgehead atoms. The van der Waals surface area contributed by atoms with Crippen LogP contribution in [0, 0.1) is 32.2 Å². The number of hydrogen-bond donors (Lipinski definition) is 4. The molecule has 0 spiro atoms. The maximum Gasteiger partial charge on any atom is 0.321 e. The number of benzene rings is 4. The highest BCUT2D eigenvalue weighted by Gasteiger charge is 2.15. The van der Waals surface area contributed by atoms with Crippen LogP contribution in [-0.2, 0) is 22.6 Å². The Balaban J connectivity index is 0.000000439. The Labute approximate surface area is 271 Å². The molecular weight excluding hydrogens is 578 g/mol. The summed E-state index contributed by atoms with van der Waals surface area (Å²) in [4.78, 5) is 34.9.